The smallest absolute Gasteiger partial charge is 0.416 e. The monoisotopic (exact) mass is 519 g/mol. The maximum Gasteiger partial charge on any atom is 0.416 e. The normalized spacial score (nSPS) is 22.2. The third-order valence-electron chi connectivity index (χ3n) is 8.34. The molecule has 3 aromatic carbocycles. The van der Waals surface area contributed by atoms with E-state index in [9.17, 15) is 22.8 Å². The summed E-state index contributed by atoms with van der Waals surface area (Å²) in [4.78, 5) is 28.3. The number of benzene rings is 3. The highest BCUT2D eigenvalue weighted by atomic mass is 19.4. The Labute approximate surface area is 219 Å². The van der Waals surface area contributed by atoms with Gasteiger partial charge in [0.25, 0.3) is 0 Å². The second kappa shape index (κ2) is 9.29. The lowest BCUT2D eigenvalue weighted by atomic mass is 9.84. The first kappa shape index (κ1) is 24.7. The number of carbonyl (C=O) groups is 2. The lowest BCUT2D eigenvalue weighted by molar-refractivity contribution is -0.137. The minimum Gasteiger partial charge on any atom is -0.448 e. The number of amides is 1. The molecule has 2 aliphatic heterocycles. The van der Waals surface area contributed by atoms with Crippen LogP contribution in [0.3, 0.4) is 0 Å². The molecule has 38 heavy (non-hydrogen) atoms. The Morgan fingerprint density at radius 3 is 2.05 bits per heavy atom. The lowest BCUT2D eigenvalue weighted by Gasteiger charge is -2.37. The molecule has 1 aliphatic carbocycles. The molecule has 7 heteroatoms. The van der Waals surface area contributed by atoms with E-state index < -0.39 is 17.7 Å². The van der Waals surface area contributed by atoms with Gasteiger partial charge in [-0.15, -0.1) is 0 Å². The average molecular weight is 520 g/mol. The van der Waals surface area contributed by atoms with E-state index in [4.69, 9.17) is 4.74 Å². The maximum atomic E-state index is 13.3. The van der Waals surface area contributed by atoms with Gasteiger partial charge in [-0.2, -0.15) is 13.2 Å². The Morgan fingerprint density at radius 2 is 1.47 bits per heavy atom. The van der Waals surface area contributed by atoms with Gasteiger partial charge in [0.1, 0.15) is 6.61 Å². The molecule has 0 spiro atoms. The summed E-state index contributed by atoms with van der Waals surface area (Å²) in [5.41, 5.74) is 4.30. The molecule has 1 amide bonds. The van der Waals surface area contributed by atoms with E-state index in [1.165, 1.54) is 6.07 Å². The van der Waals surface area contributed by atoms with Gasteiger partial charge in [-0.1, -0.05) is 48.5 Å². The van der Waals surface area contributed by atoms with Gasteiger partial charge in [-0.25, -0.2) is 4.79 Å². The number of hydrogen-bond donors (Lipinski definition) is 0. The number of rotatable bonds is 4. The van der Waals surface area contributed by atoms with E-state index in [2.05, 4.69) is 24.3 Å². The number of carbonyl (C=O) groups excluding carboxylic acids is 2. The first-order chi connectivity index (χ1) is 18.2. The van der Waals surface area contributed by atoms with Crippen LogP contribution in [0.2, 0.25) is 0 Å². The highest BCUT2D eigenvalue weighted by Crippen LogP contribution is 2.45. The summed E-state index contributed by atoms with van der Waals surface area (Å²) in [6, 6.07) is 19.6. The molecule has 3 aromatic rings. The summed E-state index contributed by atoms with van der Waals surface area (Å²) >= 11 is 0. The molecule has 2 bridgehead atoms. The van der Waals surface area contributed by atoms with Crippen LogP contribution in [0.1, 0.15) is 64.2 Å². The molecule has 2 heterocycles. The number of nitrogens with zero attached hydrogens (tertiary/aromatic N) is 1. The van der Waals surface area contributed by atoms with Crippen molar-refractivity contribution in [1.82, 2.24) is 4.90 Å². The van der Waals surface area contributed by atoms with E-state index in [1.54, 1.807) is 11.8 Å². The Morgan fingerprint density at radius 1 is 0.895 bits per heavy atom. The van der Waals surface area contributed by atoms with E-state index in [-0.39, 0.29) is 42.0 Å². The second-order valence-electron chi connectivity index (χ2n) is 10.7. The average Bonchev–Trinajstić information content (AvgIpc) is 3.36. The molecule has 2 saturated heterocycles. The molecule has 2 atom stereocenters. The molecule has 0 N–H and O–H groups in total. The number of alkyl halides is 3. The number of piperidine rings is 1. The summed E-state index contributed by atoms with van der Waals surface area (Å²) in [6.07, 6.45) is -2.47. The Bertz CT molecular complexity index is 1360. The summed E-state index contributed by atoms with van der Waals surface area (Å²) < 4.78 is 45.8. The predicted octanol–water partition coefficient (Wildman–Crippen LogP) is 7.39. The van der Waals surface area contributed by atoms with Gasteiger partial charge >= 0.3 is 12.3 Å². The van der Waals surface area contributed by atoms with Crippen LogP contribution in [-0.2, 0) is 10.9 Å². The Balaban J connectivity index is 1.15. The zero-order valence-corrected chi connectivity index (χ0v) is 21.0. The number of ketones is 1. The molecule has 0 aromatic heterocycles. The molecule has 3 aliphatic rings. The van der Waals surface area contributed by atoms with Gasteiger partial charge in [-0.3, -0.25) is 4.79 Å². The van der Waals surface area contributed by atoms with E-state index in [0.717, 1.165) is 47.2 Å². The zero-order chi connectivity index (χ0) is 26.6. The van der Waals surface area contributed by atoms with Crippen LogP contribution in [-0.4, -0.2) is 35.5 Å². The number of halogens is 3. The number of fused-ring (bicyclic) bond motifs is 5. The Kier molecular flexibility index (Phi) is 6.04. The van der Waals surface area contributed by atoms with Crippen molar-refractivity contribution in [3.05, 3.63) is 94.5 Å². The fourth-order valence-corrected chi connectivity index (χ4v) is 6.68. The number of aryl methyl sites for hydroxylation is 1. The summed E-state index contributed by atoms with van der Waals surface area (Å²) in [6.45, 7) is 1.80. The van der Waals surface area contributed by atoms with Gasteiger partial charge in [0, 0.05) is 29.5 Å². The molecule has 2 fully saturated rings. The molecule has 0 radical (unpaired) electrons. The van der Waals surface area contributed by atoms with E-state index in [1.807, 2.05) is 24.3 Å². The SMILES string of the molecule is Cc1cc(C(=O)C2CC3CCC(C2)N3C(=O)OCC2c3ccccc3-c3ccccc32)cc(C(F)(F)F)c1. The van der Waals surface area contributed by atoms with Crippen molar-refractivity contribution < 1.29 is 27.5 Å². The zero-order valence-electron chi connectivity index (χ0n) is 21.0. The number of ether oxygens (including phenoxy) is 1. The van der Waals surface area contributed by atoms with Gasteiger partial charge in [0.05, 0.1) is 5.56 Å². The van der Waals surface area contributed by atoms with Gasteiger partial charge in [0.15, 0.2) is 5.78 Å². The summed E-state index contributed by atoms with van der Waals surface area (Å²) in [5, 5.41) is 0. The van der Waals surface area contributed by atoms with Crippen molar-refractivity contribution in [2.45, 2.75) is 56.8 Å². The van der Waals surface area contributed by atoms with Gasteiger partial charge < -0.3 is 9.64 Å². The molecule has 2 unspecified atom stereocenters. The van der Waals surface area contributed by atoms with Crippen LogP contribution in [0.5, 0.6) is 0 Å². The molecular formula is C31H28F3NO3. The van der Waals surface area contributed by atoms with Gasteiger partial charge in [0.2, 0.25) is 0 Å². The summed E-state index contributed by atoms with van der Waals surface area (Å²) in [7, 11) is 0. The predicted molar refractivity (Wildman–Crippen MR) is 137 cm³/mol. The molecule has 6 rings (SSSR count). The Hall–Kier alpha value is -3.61. The fourth-order valence-electron chi connectivity index (χ4n) is 6.68. The minimum absolute atomic E-state index is 0.0349. The standard InChI is InChI=1S/C31H28F3NO3/c1-18-12-19(14-21(13-18)31(32,33)34)29(36)20-15-22-10-11-23(16-20)35(22)30(37)38-17-28-26-8-4-2-6-24(26)25-7-3-5-9-27(25)28/h2-9,12-14,20,22-23,28H,10-11,15-17H2,1H3. The van der Waals surface area contributed by atoms with Crippen molar-refractivity contribution in [2.24, 2.45) is 5.92 Å². The fraction of sp³-hybridized carbons (Fsp3) is 0.355. The second-order valence-corrected chi connectivity index (χ2v) is 10.7. The largest absolute Gasteiger partial charge is 0.448 e. The van der Waals surface area contributed by atoms with Crippen LogP contribution in [0.25, 0.3) is 11.1 Å². The van der Waals surface area contributed by atoms with Crippen LogP contribution < -0.4 is 0 Å². The van der Waals surface area contributed by atoms with E-state index in [0.29, 0.717) is 18.4 Å². The molecular weight excluding hydrogens is 491 g/mol. The van der Waals surface area contributed by atoms with Crippen molar-refractivity contribution >= 4 is 11.9 Å². The third kappa shape index (κ3) is 4.28. The quantitative estimate of drug-likeness (QED) is 0.338. The molecule has 0 saturated carbocycles. The number of Topliss-reactive ketones (excluding diaryl/α,β-unsaturated/α-hetero) is 1. The van der Waals surface area contributed by atoms with Crippen molar-refractivity contribution in [3.63, 3.8) is 0 Å². The first-order valence-electron chi connectivity index (χ1n) is 13.1. The number of hydrogen-bond acceptors (Lipinski definition) is 3. The van der Waals surface area contributed by atoms with Crippen molar-refractivity contribution in [1.29, 1.82) is 0 Å². The minimum atomic E-state index is -4.51. The highest BCUT2D eigenvalue weighted by Gasteiger charge is 2.46. The summed E-state index contributed by atoms with van der Waals surface area (Å²) in [5.74, 6) is -0.719. The van der Waals surface area contributed by atoms with Crippen LogP contribution in [0.15, 0.2) is 66.7 Å². The van der Waals surface area contributed by atoms with E-state index >= 15 is 0 Å². The van der Waals surface area contributed by atoms with Crippen molar-refractivity contribution in [2.75, 3.05) is 6.61 Å². The molecule has 196 valence electrons. The third-order valence-corrected chi connectivity index (χ3v) is 8.34. The van der Waals surface area contributed by atoms with Crippen LogP contribution in [0.4, 0.5) is 18.0 Å². The van der Waals surface area contributed by atoms with Gasteiger partial charge in [-0.05, 0) is 78.6 Å². The topological polar surface area (TPSA) is 46.6 Å². The van der Waals surface area contributed by atoms with Crippen LogP contribution in [0, 0.1) is 12.8 Å². The molecule has 4 nitrogen and oxygen atoms in total. The lowest BCUT2D eigenvalue weighted by Crippen LogP contribution is -2.48. The van der Waals surface area contributed by atoms with Crippen molar-refractivity contribution in [3.8, 4) is 11.1 Å². The maximum absolute atomic E-state index is 13.3. The first-order valence-corrected chi connectivity index (χ1v) is 13.1. The highest BCUT2D eigenvalue weighted by molar-refractivity contribution is 5.98. The van der Waals surface area contributed by atoms with Crippen LogP contribution >= 0.6 is 0 Å².